The first-order valence-electron chi connectivity index (χ1n) is 5.82. The van der Waals surface area contributed by atoms with Crippen LogP contribution in [0.2, 0.25) is 5.82 Å². The zero-order chi connectivity index (χ0) is 12.6. The van der Waals surface area contributed by atoms with Gasteiger partial charge in [0.05, 0.1) is 0 Å². The van der Waals surface area contributed by atoms with E-state index in [9.17, 15) is 5.26 Å². The predicted octanol–water partition coefficient (Wildman–Crippen LogP) is 3.15. The molecule has 1 nitrogen and oxygen atoms in total. The van der Waals surface area contributed by atoms with Crippen molar-refractivity contribution in [1.29, 1.82) is 5.26 Å². The van der Waals surface area contributed by atoms with Gasteiger partial charge in [-0.3, -0.25) is 0 Å². The van der Waals surface area contributed by atoms with Gasteiger partial charge in [0.15, 0.2) is 0 Å². The number of fused-ring (bicyclic) bond motifs is 1. The Balaban J connectivity index is 2.58. The Hall–Kier alpha value is -1.03. The first-order valence-corrected chi connectivity index (χ1v) is 9.24. The summed E-state index contributed by atoms with van der Waals surface area (Å²) in [4.78, 5) is 0. The third-order valence-corrected chi connectivity index (χ3v) is 8.23. The van der Waals surface area contributed by atoms with Crippen molar-refractivity contribution in [3.8, 4) is 6.07 Å². The summed E-state index contributed by atoms with van der Waals surface area (Å²) in [5.41, 5.74) is 1.41. The van der Waals surface area contributed by atoms with Gasteiger partial charge in [0.1, 0.15) is 0 Å². The van der Waals surface area contributed by atoms with Crippen molar-refractivity contribution >= 4 is 18.4 Å². The fourth-order valence-corrected chi connectivity index (χ4v) is 7.18. The molecule has 0 saturated carbocycles. The number of hydrogen-bond donors (Lipinski definition) is 0. The molecule has 2 rings (SSSR count). The average Bonchev–Trinajstić information content (AvgIpc) is 2.28. The molecule has 1 aliphatic rings. The molecule has 1 atom stereocenters. The van der Waals surface area contributed by atoms with E-state index in [2.05, 4.69) is 56.9 Å². The van der Waals surface area contributed by atoms with Gasteiger partial charge < -0.3 is 0 Å². The number of nitrogens with zero attached hydrogens (tertiary/aromatic N) is 1. The van der Waals surface area contributed by atoms with E-state index in [0.29, 0.717) is 0 Å². The van der Waals surface area contributed by atoms with E-state index in [1.54, 1.807) is 0 Å². The summed E-state index contributed by atoms with van der Waals surface area (Å²) in [5.74, 6) is 2.31. The summed E-state index contributed by atoms with van der Waals surface area (Å²) in [6.45, 7) is 6.75. The van der Waals surface area contributed by atoms with Crippen LogP contribution in [0.4, 0.5) is 0 Å². The summed E-state index contributed by atoms with van der Waals surface area (Å²) < 4.78 is 2.94. The fraction of sp³-hybridized carbons (Fsp3) is 0.400. The standard InChI is InChI=1S/C15H18NSe/c1-15(2,3)14-9-11(10-16)12-7-5-6-8-13(12)17(14)4/h5-9,11H,1-4H3. The van der Waals surface area contributed by atoms with E-state index in [4.69, 9.17) is 0 Å². The Morgan fingerprint density at radius 2 is 1.88 bits per heavy atom. The van der Waals surface area contributed by atoms with Crippen LogP contribution in [0.1, 0.15) is 32.3 Å². The Morgan fingerprint density at radius 3 is 2.47 bits per heavy atom. The van der Waals surface area contributed by atoms with Crippen molar-refractivity contribution in [3.63, 3.8) is 0 Å². The van der Waals surface area contributed by atoms with Crippen molar-refractivity contribution in [1.82, 2.24) is 0 Å². The van der Waals surface area contributed by atoms with Crippen LogP contribution in [0.25, 0.3) is 0 Å². The summed E-state index contributed by atoms with van der Waals surface area (Å²) in [7, 11) is 0. The van der Waals surface area contributed by atoms with Gasteiger partial charge in [-0.25, -0.2) is 0 Å². The van der Waals surface area contributed by atoms with E-state index in [-0.39, 0.29) is 11.3 Å². The Kier molecular flexibility index (Phi) is 3.17. The number of nitriles is 1. The first kappa shape index (κ1) is 12.4. The molecule has 2 heteroatoms. The van der Waals surface area contributed by atoms with Crippen LogP contribution < -0.4 is 4.46 Å². The fourth-order valence-electron chi connectivity index (χ4n) is 2.29. The molecule has 0 saturated heterocycles. The van der Waals surface area contributed by atoms with Crippen LogP contribution in [0, 0.1) is 16.7 Å². The van der Waals surface area contributed by atoms with Gasteiger partial charge in [0, 0.05) is 0 Å². The minimum atomic E-state index is -0.926. The van der Waals surface area contributed by atoms with Crippen LogP contribution >= 0.6 is 0 Å². The molecule has 0 bridgehead atoms. The van der Waals surface area contributed by atoms with E-state index in [0.717, 1.165) is 0 Å². The maximum absolute atomic E-state index is 9.33. The van der Waals surface area contributed by atoms with Gasteiger partial charge in [0.25, 0.3) is 0 Å². The zero-order valence-electron chi connectivity index (χ0n) is 10.8. The van der Waals surface area contributed by atoms with Crippen LogP contribution in [0.3, 0.4) is 0 Å². The van der Waals surface area contributed by atoms with Crippen LogP contribution in [-0.2, 0) is 0 Å². The Bertz CT molecular complexity index is 502. The molecule has 1 radical (unpaired) electrons. The molecule has 1 aliphatic heterocycles. The molecule has 0 N–H and O–H groups in total. The zero-order valence-corrected chi connectivity index (χ0v) is 12.5. The van der Waals surface area contributed by atoms with Crippen LogP contribution in [0.15, 0.2) is 34.8 Å². The Labute approximate surface area is 108 Å². The van der Waals surface area contributed by atoms with Crippen molar-refractivity contribution in [2.75, 3.05) is 0 Å². The van der Waals surface area contributed by atoms with Gasteiger partial charge in [-0.1, -0.05) is 0 Å². The third kappa shape index (κ3) is 2.18. The van der Waals surface area contributed by atoms with E-state index < -0.39 is 13.9 Å². The quantitative estimate of drug-likeness (QED) is 0.674. The van der Waals surface area contributed by atoms with Crippen molar-refractivity contribution in [2.45, 2.75) is 32.5 Å². The average molecular weight is 291 g/mol. The van der Waals surface area contributed by atoms with Gasteiger partial charge in [-0.2, -0.15) is 0 Å². The molecule has 0 amide bonds. The summed E-state index contributed by atoms with van der Waals surface area (Å²) >= 11 is -0.926. The second kappa shape index (κ2) is 4.33. The molecule has 0 fully saturated rings. The molecule has 1 heterocycles. The molecule has 0 aliphatic carbocycles. The minimum absolute atomic E-state index is 0.0552. The number of hydrogen-bond acceptors (Lipinski definition) is 1. The molecule has 1 aromatic rings. The van der Waals surface area contributed by atoms with E-state index >= 15 is 0 Å². The van der Waals surface area contributed by atoms with Gasteiger partial charge in [-0.15, -0.1) is 0 Å². The topological polar surface area (TPSA) is 23.8 Å². The molecule has 0 aromatic heterocycles. The summed E-state index contributed by atoms with van der Waals surface area (Å²) in [6, 6.07) is 10.9. The monoisotopic (exact) mass is 292 g/mol. The second-order valence-electron chi connectivity index (χ2n) is 5.44. The van der Waals surface area contributed by atoms with E-state index in [1.165, 1.54) is 14.5 Å². The van der Waals surface area contributed by atoms with Gasteiger partial charge in [-0.05, 0) is 0 Å². The summed E-state index contributed by atoms with van der Waals surface area (Å²) in [5, 5.41) is 9.33. The summed E-state index contributed by atoms with van der Waals surface area (Å²) in [6.07, 6.45) is 2.22. The van der Waals surface area contributed by atoms with Gasteiger partial charge >= 0.3 is 108 Å². The Morgan fingerprint density at radius 1 is 1.24 bits per heavy atom. The van der Waals surface area contributed by atoms with Gasteiger partial charge in [0.2, 0.25) is 0 Å². The van der Waals surface area contributed by atoms with Crippen LogP contribution in [0.5, 0.6) is 0 Å². The van der Waals surface area contributed by atoms with E-state index in [1.807, 2.05) is 6.07 Å². The van der Waals surface area contributed by atoms with Crippen LogP contribution in [-0.4, -0.2) is 13.9 Å². The number of benzene rings is 1. The normalized spacial score (nSPS) is 20.4. The number of rotatable bonds is 0. The molecule has 1 aromatic carbocycles. The molecule has 17 heavy (non-hydrogen) atoms. The SMILES string of the molecule is C[Se]1C(C(C)(C)C)=CC(C#N)c2ccccc21. The second-order valence-corrected chi connectivity index (χ2v) is 9.42. The maximum atomic E-state index is 9.33. The first-order chi connectivity index (χ1) is 7.95. The molecular weight excluding hydrogens is 273 g/mol. The molecule has 0 spiro atoms. The molecule has 1 unspecified atom stereocenters. The van der Waals surface area contributed by atoms with Crippen molar-refractivity contribution in [3.05, 3.63) is 40.4 Å². The molecular formula is C15H18NSe. The number of allylic oxidation sites excluding steroid dienone is 2. The third-order valence-electron chi connectivity index (χ3n) is 3.11. The molecule has 89 valence electrons. The van der Waals surface area contributed by atoms with Crippen molar-refractivity contribution < 1.29 is 0 Å². The predicted molar refractivity (Wildman–Crippen MR) is 73.6 cm³/mol. The van der Waals surface area contributed by atoms with Crippen molar-refractivity contribution in [2.24, 2.45) is 5.41 Å².